The van der Waals surface area contributed by atoms with Crippen LogP contribution in [0.2, 0.25) is 0 Å². The lowest BCUT2D eigenvalue weighted by Crippen LogP contribution is -1.77. The van der Waals surface area contributed by atoms with E-state index >= 15 is 0 Å². The van der Waals surface area contributed by atoms with Gasteiger partial charge in [-0.05, 0) is 36.3 Å². The van der Waals surface area contributed by atoms with Crippen LogP contribution in [0.3, 0.4) is 0 Å². The van der Waals surface area contributed by atoms with E-state index in [1.165, 1.54) is 15.8 Å². The zero-order valence-electron chi connectivity index (χ0n) is 10.1. The molecular weight excluding hydrogens is 238 g/mol. The number of nitrogens with zero attached hydrogens (tertiary/aromatic N) is 1. The Bertz CT molecular complexity index is 677. The lowest BCUT2D eigenvalue weighted by Gasteiger charge is -1.97. The van der Waals surface area contributed by atoms with Crippen LogP contribution < -0.4 is 0 Å². The highest BCUT2D eigenvalue weighted by molar-refractivity contribution is 7.19. The van der Waals surface area contributed by atoms with Crippen LogP contribution in [0.4, 0.5) is 0 Å². The molecule has 0 saturated heterocycles. The molecule has 0 aliphatic carbocycles. The molecule has 0 saturated carbocycles. The van der Waals surface area contributed by atoms with E-state index in [0.717, 1.165) is 10.5 Å². The molecule has 0 unspecified atom stereocenters. The maximum atomic E-state index is 4.59. The minimum Gasteiger partial charge on any atom is -0.237 e. The third-order valence-corrected chi connectivity index (χ3v) is 3.91. The summed E-state index contributed by atoms with van der Waals surface area (Å²) in [7, 11) is 0. The molecule has 1 heterocycles. The van der Waals surface area contributed by atoms with E-state index in [0.29, 0.717) is 0 Å². The van der Waals surface area contributed by atoms with Crippen LogP contribution in [0.25, 0.3) is 22.4 Å². The molecule has 2 aromatic carbocycles. The summed E-state index contributed by atoms with van der Waals surface area (Å²) in [6.45, 7) is 2.12. The van der Waals surface area contributed by atoms with Gasteiger partial charge in [-0.3, -0.25) is 0 Å². The molecule has 0 amide bonds. The van der Waals surface area contributed by atoms with E-state index in [-0.39, 0.29) is 0 Å². The monoisotopic (exact) mass is 251 g/mol. The first kappa shape index (κ1) is 11.2. The predicted molar refractivity (Wildman–Crippen MR) is 79.7 cm³/mol. The van der Waals surface area contributed by atoms with Gasteiger partial charge in [0.1, 0.15) is 5.01 Å². The van der Waals surface area contributed by atoms with Gasteiger partial charge in [-0.2, -0.15) is 0 Å². The number of thiazole rings is 1. The minimum absolute atomic E-state index is 1.06. The van der Waals surface area contributed by atoms with Gasteiger partial charge in [0.15, 0.2) is 0 Å². The molecule has 0 N–H and O–H groups in total. The van der Waals surface area contributed by atoms with Crippen molar-refractivity contribution in [2.24, 2.45) is 0 Å². The summed E-state index contributed by atoms with van der Waals surface area (Å²) in [6.07, 6.45) is 4.22. The molecule has 0 radical (unpaired) electrons. The fraction of sp³-hybridized carbons (Fsp3) is 0.0625. The number of fused-ring (bicyclic) bond motifs is 1. The summed E-state index contributed by atoms with van der Waals surface area (Å²) >= 11 is 1.72. The molecule has 18 heavy (non-hydrogen) atoms. The van der Waals surface area contributed by atoms with Crippen molar-refractivity contribution in [3.63, 3.8) is 0 Å². The first-order valence-corrected chi connectivity index (χ1v) is 6.74. The highest BCUT2D eigenvalue weighted by Crippen LogP contribution is 2.23. The van der Waals surface area contributed by atoms with Crippen molar-refractivity contribution in [1.82, 2.24) is 4.98 Å². The standard InChI is InChI=1S/C16H13NS/c1-12-6-2-3-7-13(12)10-11-16-17-14-8-4-5-9-15(14)18-16/h2-11H,1H3/b11-10+. The van der Waals surface area contributed by atoms with E-state index in [9.17, 15) is 0 Å². The number of aryl methyl sites for hydroxylation is 1. The van der Waals surface area contributed by atoms with Crippen LogP contribution in [-0.4, -0.2) is 4.98 Å². The van der Waals surface area contributed by atoms with Crippen molar-refractivity contribution in [1.29, 1.82) is 0 Å². The molecule has 0 bridgehead atoms. The normalized spacial score (nSPS) is 11.4. The number of para-hydroxylation sites is 1. The van der Waals surface area contributed by atoms with Gasteiger partial charge in [0, 0.05) is 0 Å². The Morgan fingerprint density at radius 3 is 2.56 bits per heavy atom. The van der Waals surface area contributed by atoms with Gasteiger partial charge in [-0.15, -0.1) is 11.3 Å². The summed E-state index contributed by atoms with van der Waals surface area (Å²) in [5.41, 5.74) is 3.61. The summed E-state index contributed by atoms with van der Waals surface area (Å²) in [5, 5.41) is 1.06. The van der Waals surface area contributed by atoms with Gasteiger partial charge in [0.25, 0.3) is 0 Å². The Hall–Kier alpha value is -1.93. The lowest BCUT2D eigenvalue weighted by molar-refractivity contribution is 1.44. The summed E-state index contributed by atoms with van der Waals surface area (Å²) < 4.78 is 1.24. The fourth-order valence-electron chi connectivity index (χ4n) is 1.90. The third-order valence-electron chi connectivity index (χ3n) is 2.90. The third kappa shape index (κ3) is 2.20. The maximum Gasteiger partial charge on any atom is 0.117 e. The van der Waals surface area contributed by atoms with E-state index in [4.69, 9.17) is 0 Å². The zero-order chi connectivity index (χ0) is 12.4. The van der Waals surface area contributed by atoms with Gasteiger partial charge in [-0.25, -0.2) is 4.98 Å². The maximum absolute atomic E-state index is 4.59. The molecule has 1 aromatic heterocycles. The molecule has 88 valence electrons. The van der Waals surface area contributed by atoms with Crippen LogP contribution in [0, 0.1) is 6.92 Å². The second kappa shape index (κ2) is 4.75. The number of hydrogen-bond donors (Lipinski definition) is 0. The first-order valence-electron chi connectivity index (χ1n) is 5.92. The largest absolute Gasteiger partial charge is 0.237 e. The molecule has 2 heteroatoms. The fourth-order valence-corrected chi connectivity index (χ4v) is 2.77. The lowest BCUT2D eigenvalue weighted by atomic mass is 10.1. The first-order chi connectivity index (χ1) is 8.83. The number of rotatable bonds is 2. The Labute approximate surface area is 110 Å². The highest BCUT2D eigenvalue weighted by atomic mass is 32.1. The molecule has 3 aromatic rings. The molecule has 0 atom stereocenters. The molecule has 0 fully saturated rings. The quantitative estimate of drug-likeness (QED) is 0.639. The number of benzene rings is 2. The second-order valence-electron chi connectivity index (χ2n) is 4.21. The number of hydrogen-bond acceptors (Lipinski definition) is 2. The molecule has 3 rings (SSSR count). The van der Waals surface area contributed by atoms with Gasteiger partial charge in [0.05, 0.1) is 10.2 Å². The van der Waals surface area contributed by atoms with Gasteiger partial charge < -0.3 is 0 Å². The second-order valence-corrected chi connectivity index (χ2v) is 5.27. The van der Waals surface area contributed by atoms with E-state index in [2.05, 4.69) is 66.5 Å². The highest BCUT2D eigenvalue weighted by Gasteiger charge is 1.99. The zero-order valence-corrected chi connectivity index (χ0v) is 10.9. The summed E-state index contributed by atoms with van der Waals surface area (Å²) in [6, 6.07) is 16.6. The average Bonchev–Trinajstić information content (AvgIpc) is 2.80. The molecule has 1 nitrogen and oxygen atoms in total. The van der Waals surface area contributed by atoms with Crippen molar-refractivity contribution in [2.75, 3.05) is 0 Å². The van der Waals surface area contributed by atoms with E-state index in [1.54, 1.807) is 11.3 Å². The van der Waals surface area contributed by atoms with Crippen LogP contribution >= 0.6 is 11.3 Å². The Balaban J connectivity index is 1.95. The van der Waals surface area contributed by atoms with Crippen molar-refractivity contribution in [3.8, 4) is 0 Å². The molecular formula is C16H13NS. The van der Waals surface area contributed by atoms with Crippen LogP contribution in [0.5, 0.6) is 0 Å². The predicted octanol–water partition coefficient (Wildman–Crippen LogP) is 4.78. The van der Waals surface area contributed by atoms with Crippen molar-refractivity contribution in [3.05, 3.63) is 64.7 Å². The Morgan fingerprint density at radius 1 is 0.944 bits per heavy atom. The average molecular weight is 251 g/mol. The van der Waals surface area contributed by atoms with Crippen molar-refractivity contribution in [2.45, 2.75) is 6.92 Å². The van der Waals surface area contributed by atoms with Crippen LogP contribution in [0.15, 0.2) is 48.5 Å². The topological polar surface area (TPSA) is 12.9 Å². The van der Waals surface area contributed by atoms with Gasteiger partial charge in [0.2, 0.25) is 0 Å². The number of aromatic nitrogens is 1. The smallest absolute Gasteiger partial charge is 0.117 e. The van der Waals surface area contributed by atoms with Crippen molar-refractivity contribution < 1.29 is 0 Å². The van der Waals surface area contributed by atoms with Crippen molar-refractivity contribution >= 4 is 33.7 Å². The van der Waals surface area contributed by atoms with Gasteiger partial charge in [-0.1, -0.05) is 42.5 Å². The van der Waals surface area contributed by atoms with E-state index < -0.39 is 0 Å². The van der Waals surface area contributed by atoms with Crippen LogP contribution in [-0.2, 0) is 0 Å². The Kier molecular flexibility index (Phi) is 2.95. The molecule has 0 aliphatic rings. The minimum atomic E-state index is 1.06. The Morgan fingerprint density at radius 2 is 1.72 bits per heavy atom. The molecule has 0 spiro atoms. The van der Waals surface area contributed by atoms with Crippen LogP contribution in [0.1, 0.15) is 16.1 Å². The van der Waals surface area contributed by atoms with Gasteiger partial charge >= 0.3 is 0 Å². The SMILES string of the molecule is Cc1ccccc1/C=C/c1nc2ccccc2s1. The van der Waals surface area contributed by atoms with E-state index in [1.807, 2.05) is 6.07 Å². The summed E-state index contributed by atoms with van der Waals surface area (Å²) in [4.78, 5) is 4.59. The molecule has 0 aliphatic heterocycles. The summed E-state index contributed by atoms with van der Waals surface area (Å²) in [5.74, 6) is 0.